The number of aliphatic hydroxyl groups excluding tert-OH is 1. The van der Waals surface area contributed by atoms with Crippen LogP contribution in [0.5, 0.6) is 0 Å². The predicted molar refractivity (Wildman–Crippen MR) is 63.2 cm³/mol. The number of hydrogen-bond acceptors (Lipinski definition) is 4. The molecule has 0 saturated heterocycles. The Labute approximate surface area is 96.7 Å². The molecule has 0 amide bonds. The molecule has 0 aliphatic rings. The Kier molecular flexibility index (Phi) is 6.00. The molecule has 1 aromatic rings. The van der Waals surface area contributed by atoms with Gasteiger partial charge in [0, 0.05) is 31.6 Å². The summed E-state index contributed by atoms with van der Waals surface area (Å²) in [6, 6.07) is 4.11. The van der Waals surface area contributed by atoms with Crippen molar-refractivity contribution >= 4 is 0 Å². The Balaban J connectivity index is 2.27. The van der Waals surface area contributed by atoms with Crippen LogP contribution >= 0.6 is 0 Å². The molecule has 0 aromatic carbocycles. The predicted octanol–water partition coefficient (Wildman–Crippen LogP) is 1.13. The van der Waals surface area contributed by atoms with Crippen molar-refractivity contribution in [2.75, 3.05) is 19.8 Å². The summed E-state index contributed by atoms with van der Waals surface area (Å²) in [5.74, 6) is 0. The quantitative estimate of drug-likeness (QED) is 0.729. The molecule has 1 heterocycles. The number of ether oxygens (including phenoxy) is 1. The van der Waals surface area contributed by atoms with E-state index in [-0.39, 0.29) is 6.04 Å². The highest BCUT2D eigenvalue weighted by Crippen LogP contribution is 2.09. The maximum atomic E-state index is 9.57. The first kappa shape index (κ1) is 13.1. The van der Waals surface area contributed by atoms with Crippen LogP contribution in [0.1, 0.15) is 25.5 Å². The van der Waals surface area contributed by atoms with Crippen LogP contribution in [0.2, 0.25) is 0 Å². The second-order valence-corrected chi connectivity index (χ2v) is 3.73. The van der Waals surface area contributed by atoms with Crippen molar-refractivity contribution in [3.8, 4) is 0 Å². The number of nitrogens with zero attached hydrogens (tertiary/aromatic N) is 1. The van der Waals surface area contributed by atoms with Gasteiger partial charge in [-0.05, 0) is 25.5 Å². The number of nitrogens with one attached hydrogen (secondary N) is 1. The monoisotopic (exact) mass is 224 g/mol. The molecule has 0 saturated carbocycles. The van der Waals surface area contributed by atoms with Crippen molar-refractivity contribution < 1.29 is 9.84 Å². The third kappa shape index (κ3) is 4.70. The zero-order valence-corrected chi connectivity index (χ0v) is 9.89. The van der Waals surface area contributed by atoms with Gasteiger partial charge in [0.25, 0.3) is 0 Å². The summed E-state index contributed by atoms with van der Waals surface area (Å²) in [6.07, 6.45) is 3.12. The van der Waals surface area contributed by atoms with Crippen molar-refractivity contribution in [3.05, 3.63) is 30.1 Å². The van der Waals surface area contributed by atoms with E-state index >= 15 is 0 Å². The van der Waals surface area contributed by atoms with E-state index in [1.54, 1.807) is 6.20 Å². The van der Waals surface area contributed by atoms with E-state index in [4.69, 9.17) is 4.74 Å². The fourth-order valence-electron chi connectivity index (χ4n) is 1.38. The van der Waals surface area contributed by atoms with Gasteiger partial charge in [0.05, 0.1) is 12.7 Å². The van der Waals surface area contributed by atoms with E-state index in [1.165, 1.54) is 0 Å². The average Bonchev–Trinajstić information content (AvgIpc) is 2.34. The first-order valence-electron chi connectivity index (χ1n) is 5.63. The largest absolute Gasteiger partial charge is 0.389 e. The first-order valence-corrected chi connectivity index (χ1v) is 5.63. The van der Waals surface area contributed by atoms with E-state index in [0.29, 0.717) is 19.8 Å². The fourth-order valence-corrected chi connectivity index (χ4v) is 1.38. The normalized spacial score (nSPS) is 14.7. The second kappa shape index (κ2) is 7.33. The van der Waals surface area contributed by atoms with Crippen LogP contribution in [-0.2, 0) is 4.74 Å². The van der Waals surface area contributed by atoms with E-state index in [1.807, 2.05) is 32.2 Å². The Hall–Kier alpha value is -0.970. The van der Waals surface area contributed by atoms with Crippen LogP contribution < -0.4 is 5.32 Å². The lowest BCUT2D eigenvalue weighted by Gasteiger charge is -2.17. The number of pyridine rings is 1. The molecule has 90 valence electrons. The smallest absolute Gasteiger partial charge is 0.0897 e. The number of rotatable bonds is 7. The molecule has 1 unspecified atom stereocenters. The highest BCUT2D eigenvalue weighted by atomic mass is 16.5. The van der Waals surface area contributed by atoms with E-state index < -0.39 is 6.10 Å². The van der Waals surface area contributed by atoms with E-state index in [9.17, 15) is 5.11 Å². The van der Waals surface area contributed by atoms with Gasteiger partial charge in [-0.25, -0.2) is 0 Å². The summed E-state index contributed by atoms with van der Waals surface area (Å²) < 4.78 is 5.13. The summed E-state index contributed by atoms with van der Waals surface area (Å²) in [5, 5.41) is 12.8. The van der Waals surface area contributed by atoms with Crippen molar-refractivity contribution in [1.82, 2.24) is 10.3 Å². The van der Waals surface area contributed by atoms with Crippen molar-refractivity contribution in [3.63, 3.8) is 0 Å². The first-order chi connectivity index (χ1) is 7.74. The van der Waals surface area contributed by atoms with E-state index in [0.717, 1.165) is 5.56 Å². The molecule has 4 nitrogen and oxygen atoms in total. The fraction of sp³-hybridized carbons (Fsp3) is 0.583. The summed E-state index contributed by atoms with van der Waals surface area (Å²) in [4.78, 5) is 4.06. The minimum absolute atomic E-state index is 0.185. The molecule has 2 N–H and O–H groups in total. The standard InChI is InChI=1S/C12H20N2O2/c1-3-16-9-12(15)8-14-10(2)11-5-4-6-13-7-11/h4-7,10,12,14-15H,3,8-9H2,1-2H3/t10-,12?/m0/s1. The minimum atomic E-state index is -0.459. The molecule has 0 radical (unpaired) electrons. The van der Waals surface area contributed by atoms with E-state index in [2.05, 4.69) is 10.3 Å². The molecule has 2 atom stereocenters. The van der Waals surface area contributed by atoms with Crippen molar-refractivity contribution in [2.24, 2.45) is 0 Å². The van der Waals surface area contributed by atoms with Crippen molar-refractivity contribution in [2.45, 2.75) is 26.0 Å². The summed E-state index contributed by atoms with van der Waals surface area (Å²) >= 11 is 0. The molecule has 0 fully saturated rings. The van der Waals surface area contributed by atoms with Crippen molar-refractivity contribution in [1.29, 1.82) is 0 Å². The molecule has 0 aliphatic heterocycles. The van der Waals surface area contributed by atoms with Crippen LogP contribution in [-0.4, -0.2) is 36.0 Å². The second-order valence-electron chi connectivity index (χ2n) is 3.73. The molecule has 0 spiro atoms. The lowest BCUT2D eigenvalue weighted by molar-refractivity contribution is 0.0416. The van der Waals surface area contributed by atoms with Gasteiger partial charge in [-0.15, -0.1) is 0 Å². The van der Waals surface area contributed by atoms with Gasteiger partial charge in [0.15, 0.2) is 0 Å². The maximum Gasteiger partial charge on any atom is 0.0897 e. The summed E-state index contributed by atoms with van der Waals surface area (Å²) in [6.45, 7) is 5.50. The molecular weight excluding hydrogens is 204 g/mol. The van der Waals surface area contributed by atoms with Gasteiger partial charge in [0.1, 0.15) is 0 Å². The van der Waals surface area contributed by atoms with Crippen LogP contribution in [0.25, 0.3) is 0 Å². The highest BCUT2D eigenvalue weighted by molar-refractivity contribution is 5.12. The molecule has 16 heavy (non-hydrogen) atoms. The zero-order valence-electron chi connectivity index (χ0n) is 9.89. The topological polar surface area (TPSA) is 54.4 Å². The Morgan fingerprint density at radius 1 is 1.56 bits per heavy atom. The molecule has 1 aromatic heterocycles. The third-order valence-corrected chi connectivity index (χ3v) is 2.36. The lowest BCUT2D eigenvalue weighted by atomic mass is 10.1. The number of aliphatic hydroxyl groups is 1. The number of aromatic nitrogens is 1. The van der Waals surface area contributed by atoms with Gasteiger partial charge >= 0.3 is 0 Å². The average molecular weight is 224 g/mol. The molecule has 0 aliphatic carbocycles. The molecule has 4 heteroatoms. The van der Waals surface area contributed by atoms with Gasteiger partial charge < -0.3 is 15.2 Å². The maximum absolute atomic E-state index is 9.57. The Morgan fingerprint density at radius 3 is 3.00 bits per heavy atom. The molecular formula is C12H20N2O2. The summed E-state index contributed by atoms with van der Waals surface area (Å²) in [5.41, 5.74) is 1.12. The summed E-state index contributed by atoms with van der Waals surface area (Å²) in [7, 11) is 0. The van der Waals surface area contributed by atoms with Crippen LogP contribution in [0.15, 0.2) is 24.5 Å². The van der Waals surface area contributed by atoms with Gasteiger partial charge in [0.2, 0.25) is 0 Å². The van der Waals surface area contributed by atoms with Gasteiger partial charge in [-0.1, -0.05) is 6.07 Å². The Bertz CT molecular complexity index is 280. The van der Waals surface area contributed by atoms with Gasteiger partial charge in [-0.2, -0.15) is 0 Å². The zero-order chi connectivity index (χ0) is 11.8. The van der Waals surface area contributed by atoms with Crippen LogP contribution in [0.3, 0.4) is 0 Å². The van der Waals surface area contributed by atoms with Crippen LogP contribution in [0, 0.1) is 0 Å². The third-order valence-electron chi connectivity index (χ3n) is 2.36. The minimum Gasteiger partial charge on any atom is -0.389 e. The SMILES string of the molecule is CCOCC(O)CN[C@@H](C)c1cccnc1. The van der Waals surface area contributed by atoms with Gasteiger partial charge in [-0.3, -0.25) is 4.98 Å². The molecule has 0 bridgehead atoms. The number of hydrogen-bond donors (Lipinski definition) is 2. The van der Waals surface area contributed by atoms with Crippen LogP contribution in [0.4, 0.5) is 0 Å². The lowest BCUT2D eigenvalue weighted by Crippen LogP contribution is -2.32. The highest BCUT2D eigenvalue weighted by Gasteiger charge is 2.08. The molecule has 1 rings (SSSR count). The Morgan fingerprint density at radius 2 is 2.38 bits per heavy atom.